The van der Waals surface area contributed by atoms with Crippen LogP contribution in [0.1, 0.15) is 25.0 Å². The second kappa shape index (κ2) is 9.00. The van der Waals surface area contributed by atoms with Gasteiger partial charge in [0.15, 0.2) is 0 Å². The third kappa shape index (κ3) is 3.08. The van der Waals surface area contributed by atoms with Gasteiger partial charge in [0.25, 0.3) is 0 Å². The van der Waals surface area contributed by atoms with E-state index >= 15 is 0 Å². The molecule has 3 rings (SSSR count). The van der Waals surface area contributed by atoms with Crippen LogP contribution in [-0.2, 0) is 5.41 Å². The van der Waals surface area contributed by atoms with Gasteiger partial charge in [0.05, 0.1) is 5.41 Å². The number of hydrogen-bond donors (Lipinski definition) is 0. The molecule has 1 aliphatic rings. The van der Waals surface area contributed by atoms with E-state index in [1.807, 2.05) is 50.3 Å². The van der Waals surface area contributed by atoms with Crippen molar-refractivity contribution in [1.82, 2.24) is 0 Å². The summed E-state index contributed by atoms with van der Waals surface area (Å²) in [6.45, 7) is 20.3. The van der Waals surface area contributed by atoms with Gasteiger partial charge in [-0.2, -0.15) is 0 Å². The van der Waals surface area contributed by atoms with Gasteiger partial charge in [-0.25, -0.2) is 0 Å². The standard InChI is InChI=1S/C25H22.C2H6/c1-5-21-22(6-2)24(8-4)25(23(21)7-3,19-15-11-9-12-16-19)20-17-13-10-14-18-20;1-2/h5-18H,1-4H2;1-2H3. The van der Waals surface area contributed by atoms with E-state index in [0.717, 1.165) is 22.3 Å². The molecule has 0 spiro atoms. The average molecular weight is 353 g/mol. The average Bonchev–Trinajstić information content (AvgIpc) is 3.05. The van der Waals surface area contributed by atoms with Gasteiger partial charge in [-0.1, -0.05) is 125 Å². The van der Waals surface area contributed by atoms with E-state index in [-0.39, 0.29) is 0 Å². The lowest BCUT2D eigenvalue weighted by Gasteiger charge is -2.35. The highest BCUT2D eigenvalue weighted by molar-refractivity contribution is 5.76. The number of hydrogen-bond acceptors (Lipinski definition) is 0. The molecule has 136 valence electrons. The predicted octanol–water partition coefficient (Wildman–Crippen LogP) is 7.35. The van der Waals surface area contributed by atoms with Crippen molar-refractivity contribution in [2.24, 2.45) is 0 Å². The van der Waals surface area contributed by atoms with Crippen molar-refractivity contribution in [3.63, 3.8) is 0 Å². The third-order valence-corrected chi connectivity index (χ3v) is 4.91. The fourth-order valence-electron chi connectivity index (χ4n) is 3.97. The smallest absolute Gasteiger partial charge is 0.0713 e. The molecule has 0 bridgehead atoms. The topological polar surface area (TPSA) is 0 Å². The minimum atomic E-state index is -0.459. The molecule has 0 unspecified atom stereocenters. The first-order valence-corrected chi connectivity index (χ1v) is 9.36. The fourth-order valence-corrected chi connectivity index (χ4v) is 3.97. The van der Waals surface area contributed by atoms with Crippen LogP contribution in [0, 0.1) is 0 Å². The summed E-state index contributed by atoms with van der Waals surface area (Å²) >= 11 is 0. The minimum absolute atomic E-state index is 0.459. The van der Waals surface area contributed by atoms with Gasteiger partial charge in [0, 0.05) is 0 Å². The van der Waals surface area contributed by atoms with E-state index in [2.05, 4.69) is 74.8 Å². The second-order valence-electron chi connectivity index (χ2n) is 5.95. The maximum Gasteiger partial charge on any atom is 0.0713 e. The molecule has 0 amide bonds. The molecule has 0 N–H and O–H groups in total. The Balaban J connectivity index is 0.00000126. The molecule has 2 aromatic rings. The quantitative estimate of drug-likeness (QED) is 0.510. The van der Waals surface area contributed by atoms with Crippen LogP contribution >= 0.6 is 0 Å². The van der Waals surface area contributed by atoms with Gasteiger partial charge in [-0.15, -0.1) is 0 Å². The highest BCUT2D eigenvalue weighted by Gasteiger charge is 2.45. The maximum absolute atomic E-state index is 4.12. The zero-order valence-corrected chi connectivity index (χ0v) is 16.4. The molecule has 0 radical (unpaired) electrons. The molecule has 0 nitrogen and oxygen atoms in total. The summed E-state index contributed by atoms with van der Waals surface area (Å²) in [6.07, 6.45) is 7.67. The van der Waals surface area contributed by atoms with E-state index in [1.54, 1.807) is 0 Å². The molecule has 0 saturated heterocycles. The molecular formula is C27H28. The summed E-state index contributed by atoms with van der Waals surface area (Å²) in [5.41, 5.74) is 6.26. The van der Waals surface area contributed by atoms with Crippen LogP contribution in [0.5, 0.6) is 0 Å². The monoisotopic (exact) mass is 352 g/mol. The minimum Gasteiger partial charge on any atom is -0.0987 e. The summed E-state index contributed by atoms with van der Waals surface area (Å²) in [4.78, 5) is 0. The largest absolute Gasteiger partial charge is 0.0987 e. The molecule has 0 fully saturated rings. The van der Waals surface area contributed by atoms with Crippen LogP contribution in [0.25, 0.3) is 0 Å². The molecule has 0 saturated carbocycles. The van der Waals surface area contributed by atoms with Gasteiger partial charge in [-0.05, 0) is 33.4 Å². The Morgan fingerprint density at radius 3 is 1.15 bits per heavy atom. The Morgan fingerprint density at radius 1 is 0.556 bits per heavy atom. The normalized spacial score (nSPS) is 14.9. The second-order valence-corrected chi connectivity index (χ2v) is 5.95. The van der Waals surface area contributed by atoms with Gasteiger partial charge >= 0.3 is 0 Å². The van der Waals surface area contributed by atoms with Crippen LogP contribution in [0.15, 0.2) is 134 Å². The van der Waals surface area contributed by atoms with E-state index in [9.17, 15) is 0 Å². The lowest BCUT2D eigenvalue weighted by atomic mass is 9.66. The van der Waals surface area contributed by atoms with Crippen LogP contribution < -0.4 is 0 Å². The molecule has 27 heavy (non-hydrogen) atoms. The maximum atomic E-state index is 4.12. The molecule has 0 aliphatic heterocycles. The Kier molecular flexibility index (Phi) is 6.73. The summed E-state index contributed by atoms with van der Waals surface area (Å²) in [6, 6.07) is 21.0. The summed E-state index contributed by atoms with van der Waals surface area (Å²) in [5, 5.41) is 0. The van der Waals surface area contributed by atoms with Crippen molar-refractivity contribution in [3.8, 4) is 0 Å². The van der Waals surface area contributed by atoms with Gasteiger partial charge in [0.1, 0.15) is 0 Å². The highest BCUT2D eigenvalue weighted by Crippen LogP contribution is 2.54. The summed E-state index contributed by atoms with van der Waals surface area (Å²) in [7, 11) is 0. The van der Waals surface area contributed by atoms with E-state index < -0.39 is 5.41 Å². The lowest BCUT2D eigenvalue weighted by molar-refractivity contribution is 0.755. The van der Waals surface area contributed by atoms with Crippen molar-refractivity contribution < 1.29 is 0 Å². The van der Waals surface area contributed by atoms with Crippen LogP contribution in [-0.4, -0.2) is 0 Å². The first kappa shape index (κ1) is 20.2. The number of allylic oxidation sites excluding steroid dienone is 8. The number of rotatable bonds is 6. The molecule has 0 heterocycles. The fraction of sp³-hybridized carbons (Fsp3) is 0.111. The van der Waals surface area contributed by atoms with Crippen molar-refractivity contribution in [2.75, 3.05) is 0 Å². The zero-order chi connectivity index (χ0) is 19.9. The van der Waals surface area contributed by atoms with Crippen molar-refractivity contribution in [1.29, 1.82) is 0 Å². The highest BCUT2D eigenvalue weighted by atomic mass is 14.5. The first-order valence-electron chi connectivity index (χ1n) is 9.36. The molecular weight excluding hydrogens is 324 g/mol. The molecule has 0 atom stereocenters. The molecule has 1 aliphatic carbocycles. The van der Waals surface area contributed by atoms with E-state index in [1.165, 1.54) is 11.1 Å². The Morgan fingerprint density at radius 2 is 0.889 bits per heavy atom. The van der Waals surface area contributed by atoms with Crippen molar-refractivity contribution >= 4 is 0 Å². The van der Waals surface area contributed by atoms with Gasteiger partial charge in [-0.3, -0.25) is 0 Å². The summed E-state index contributed by atoms with van der Waals surface area (Å²) < 4.78 is 0. The van der Waals surface area contributed by atoms with E-state index in [0.29, 0.717) is 0 Å². The van der Waals surface area contributed by atoms with Crippen molar-refractivity contribution in [3.05, 3.63) is 145 Å². The van der Waals surface area contributed by atoms with Crippen molar-refractivity contribution in [2.45, 2.75) is 19.3 Å². The molecule has 0 aromatic heterocycles. The summed E-state index contributed by atoms with van der Waals surface area (Å²) in [5.74, 6) is 0. The van der Waals surface area contributed by atoms with Crippen LogP contribution in [0.2, 0.25) is 0 Å². The molecule has 2 aromatic carbocycles. The molecule has 0 heteroatoms. The van der Waals surface area contributed by atoms with E-state index in [4.69, 9.17) is 0 Å². The predicted molar refractivity (Wildman–Crippen MR) is 120 cm³/mol. The first-order chi connectivity index (χ1) is 13.2. The van der Waals surface area contributed by atoms with Gasteiger partial charge in [0.2, 0.25) is 0 Å². The van der Waals surface area contributed by atoms with Crippen LogP contribution in [0.4, 0.5) is 0 Å². The number of benzene rings is 2. The lowest BCUT2D eigenvalue weighted by Crippen LogP contribution is -2.29. The SMILES string of the molecule is C=CC1=C(C=C)C(c2ccccc2)(c2ccccc2)C(C=C)=C1C=C.CC. The Bertz CT molecular complexity index is 812. The zero-order valence-electron chi connectivity index (χ0n) is 16.4. The van der Waals surface area contributed by atoms with Crippen LogP contribution in [0.3, 0.4) is 0 Å². The Labute approximate surface area is 164 Å². The van der Waals surface area contributed by atoms with Gasteiger partial charge < -0.3 is 0 Å². The Hall–Kier alpha value is -3.12. The third-order valence-electron chi connectivity index (χ3n) is 4.91.